The zero-order valence-corrected chi connectivity index (χ0v) is 61.3. The van der Waals surface area contributed by atoms with Gasteiger partial charge in [-0.05, 0) is 49.4 Å². The number of rotatable bonds is 69. The van der Waals surface area contributed by atoms with Crippen LogP contribution in [0.25, 0.3) is 0 Å². The highest BCUT2D eigenvalue weighted by molar-refractivity contribution is 7.47. The first-order valence-corrected chi connectivity index (χ1v) is 40.2. The van der Waals surface area contributed by atoms with Crippen molar-refractivity contribution < 1.29 is 80.2 Å². The number of aliphatic hydroxyl groups is 1. The van der Waals surface area contributed by atoms with E-state index in [1.165, 1.54) is 148 Å². The van der Waals surface area contributed by atoms with Crippen LogP contribution in [0, 0.1) is 23.7 Å². The van der Waals surface area contributed by atoms with Gasteiger partial charge in [-0.3, -0.25) is 37.3 Å². The Balaban J connectivity index is 5.12. The van der Waals surface area contributed by atoms with Crippen molar-refractivity contribution >= 4 is 39.5 Å². The molecule has 540 valence electrons. The van der Waals surface area contributed by atoms with Gasteiger partial charge in [-0.1, -0.05) is 306 Å². The van der Waals surface area contributed by atoms with Crippen LogP contribution in [-0.2, 0) is 65.4 Å². The van der Waals surface area contributed by atoms with E-state index < -0.39 is 97.5 Å². The third-order valence-corrected chi connectivity index (χ3v) is 18.8. The number of ether oxygens (including phenoxy) is 4. The molecule has 0 aliphatic heterocycles. The Labute approximate surface area is 556 Å². The summed E-state index contributed by atoms with van der Waals surface area (Å²) in [6, 6.07) is 0. The van der Waals surface area contributed by atoms with E-state index in [9.17, 15) is 43.2 Å². The fraction of sp³-hybridized carbons (Fsp3) is 0.944. The third-order valence-electron chi connectivity index (χ3n) is 16.9. The molecule has 0 aromatic rings. The van der Waals surface area contributed by atoms with E-state index in [2.05, 4.69) is 55.4 Å². The lowest BCUT2D eigenvalue weighted by molar-refractivity contribution is -0.161. The number of phosphoric acid groups is 2. The lowest BCUT2D eigenvalue weighted by Gasteiger charge is -2.21. The molecule has 0 aromatic heterocycles. The van der Waals surface area contributed by atoms with Crippen LogP contribution in [0.3, 0.4) is 0 Å². The minimum absolute atomic E-state index is 0.103. The maximum absolute atomic E-state index is 13.0. The Morgan fingerprint density at radius 2 is 0.527 bits per heavy atom. The molecule has 3 unspecified atom stereocenters. The van der Waals surface area contributed by atoms with Gasteiger partial charge in [0.1, 0.15) is 19.3 Å². The summed E-state index contributed by atoms with van der Waals surface area (Å²) in [5, 5.41) is 10.6. The number of hydrogen-bond donors (Lipinski definition) is 3. The first-order valence-electron chi connectivity index (χ1n) is 37.2. The summed E-state index contributed by atoms with van der Waals surface area (Å²) in [4.78, 5) is 72.4. The molecule has 0 heterocycles. The van der Waals surface area contributed by atoms with Crippen LogP contribution in [0.2, 0.25) is 0 Å². The van der Waals surface area contributed by atoms with Crippen LogP contribution in [-0.4, -0.2) is 96.7 Å². The van der Waals surface area contributed by atoms with Gasteiger partial charge in [0.05, 0.1) is 26.4 Å². The molecule has 91 heavy (non-hydrogen) atoms. The van der Waals surface area contributed by atoms with Crippen molar-refractivity contribution in [3.63, 3.8) is 0 Å². The number of phosphoric ester groups is 2. The molecular formula is C72H140O17P2. The third kappa shape index (κ3) is 65.1. The van der Waals surface area contributed by atoms with Crippen molar-refractivity contribution in [2.75, 3.05) is 39.6 Å². The molecule has 0 aliphatic rings. The molecule has 0 spiro atoms. The second kappa shape index (κ2) is 61.6. The number of carbonyl (C=O) groups excluding carboxylic acids is 4. The standard InChI is InChI=1S/C72H140O17P2/c1-9-65(8)51-43-35-25-20-18-16-14-12-10-11-13-15-17-19-21-26-38-46-54-71(76)88-67(58-82-69(74)52-44-36-30-28-33-41-49-63(4)5)60-86-90(78,79)84-56-66(73)57-85-91(80,81)87-61-68(59-83-70(75)53-45-37-31-29-34-42-50-64(6)7)89-72(77)55-47-39-27-23-22-24-32-40-48-62(2)3/h62-68,73H,9-61H2,1-8H3,(H,78,79)(H,80,81)/t65?,66-,67+,68+/m0/s1. The molecule has 3 N–H and O–H groups in total. The summed E-state index contributed by atoms with van der Waals surface area (Å²) >= 11 is 0. The molecule has 0 rings (SSSR count). The smallest absolute Gasteiger partial charge is 0.462 e. The van der Waals surface area contributed by atoms with E-state index >= 15 is 0 Å². The van der Waals surface area contributed by atoms with Crippen LogP contribution in [0.4, 0.5) is 0 Å². The molecule has 0 fully saturated rings. The van der Waals surface area contributed by atoms with E-state index in [1.807, 2.05) is 0 Å². The first-order chi connectivity index (χ1) is 43.6. The Morgan fingerprint density at radius 1 is 0.308 bits per heavy atom. The quantitative estimate of drug-likeness (QED) is 0.0222. The molecule has 0 aromatic carbocycles. The molecule has 6 atom stereocenters. The fourth-order valence-corrected chi connectivity index (χ4v) is 12.4. The summed E-state index contributed by atoms with van der Waals surface area (Å²) in [6.07, 6.45) is 45.0. The number of esters is 4. The molecule has 0 aliphatic carbocycles. The molecule has 0 bridgehead atoms. The Hall–Kier alpha value is -1.94. The monoisotopic (exact) mass is 1340 g/mol. The molecule has 17 nitrogen and oxygen atoms in total. The number of aliphatic hydroxyl groups excluding tert-OH is 1. The summed E-state index contributed by atoms with van der Waals surface area (Å²) in [6.45, 7) is 14.0. The lowest BCUT2D eigenvalue weighted by atomic mass is 9.99. The maximum atomic E-state index is 13.0. The predicted octanol–water partition coefficient (Wildman–Crippen LogP) is 20.5. The van der Waals surface area contributed by atoms with Gasteiger partial charge in [-0.25, -0.2) is 9.13 Å². The summed E-state index contributed by atoms with van der Waals surface area (Å²) in [5.74, 6) is 0.814. The van der Waals surface area contributed by atoms with Crippen LogP contribution < -0.4 is 0 Å². The molecule has 19 heteroatoms. The number of unbranched alkanes of at least 4 members (excludes halogenated alkanes) is 34. The average Bonchev–Trinajstić information content (AvgIpc) is 3.20. The molecule has 0 saturated heterocycles. The van der Waals surface area contributed by atoms with Crippen molar-refractivity contribution in [3.8, 4) is 0 Å². The topological polar surface area (TPSA) is 237 Å². The van der Waals surface area contributed by atoms with Gasteiger partial charge in [0, 0.05) is 25.7 Å². The van der Waals surface area contributed by atoms with Crippen molar-refractivity contribution in [3.05, 3.63) is 0 Å². The Morgan fingerprint density at radius 3 is 0.780 bits per heavy atom. The summed E-state index contributed by atoms with van der Waals surface area (Å²) < 4.78 is 68.2. The van der Waals surface area contributed by atoms with Gasteiger partial charge in [0.2, 0.25) is 0 Å². The molecule has 0 amide bonds. The van der Waals surface area contributed by atoms with E-state index in [0.717, 1.165) is 115 Å². The van der Waals surface area contributed by atoms with Crippen LogP contribution in [0.15, 0.2) is 0 Å². The maximum Gasteiger partial charge on any atom is 0.472 e. The van der Waals surface area contributed by atoms with E-state index in [0.29, 0.717) is 37.5 Å². The van der Waals surface area contributed by atoms with Gasteiger partial charge < -0.3 is 33.8 Å². The highest BCUT2D eigenvalue weighted by Gasteiger charge is 2.30. The van der Waals surface area contributed by atoms with Gasteiger partial charge in [0.15, 0.2) is 12.2 Å². The minimum Gasteiger partial charge on any atom is -0.462 e. The lowest BCUT2D eigenvalue weighted by Crippen LogP contribution is -2.30. The van der Waals surface area contributed by atoms with Gasteiger partial charge in [-0.2, -0.15) is 0 Å². The summed E-state index contributed by atoms with van der Waals surface area (Å²) in [7, 11) is -9.90. The zero-order valence-electron chi connectivity index (χ0n) is 59.5. The van der Waals surface area contributed by atoms with Crippen molar-refractivity contribution in [2.45, 2.75) is 375 Å². The molecule has 0 saturated carbocycles. The van der Waals surface area contributed by atoms with Gasteiger partial charge in [0.25, 0.3) is 0 Å². The minimum atomic E-state index is -4.95. The highest BCUT2D eigenvalue weighted by Crippen LogP contribution is 2.45. The second-order valence-electron chi connectivity index (χ2n) is 27.6. The second-order valence-corrected chi connectivity index (χ2v) is 30.6. The molecular weight excluding hydrogens is 1200 g/mol. The Kier molecular flexibility index (Phi) is 60.3. The highest BCUT2D eigenvalue weighted by atomic mass is 31.2. The average molecular weight is 1340 g/mol. The zero-order chi connectivity index (χ0) is 67.5. The van der Waals surface area contributed by atoms with Gasteiger partial charge in [-0.15, -0.1) is 0 Å². The molecule has 0 radical (unpaired) electrons. The largest absolute Gasteiger partial charge is 0.472 e. The van der Waals surface area contributed by atoms with E-state index in [1.54, 1.807) is 0 Å². The van der Waals surface area contributed by atoms with Crippen molar-refractivity contribution in [2.24, 2.45) is 23.7 Å². The van der Waals surface area contributed by atoms with Crippen LogP contribution >= 0.6 is 15.6 Å². The van der Waals surface area contributed by atoms with E-state index in [-0.39, 0.29) is 25.7 Å². The van der Waals surface area contributed by atoms with Gasteiger partial charge >= 0.3 is 39.5 Å². The van der Waals surface area contributed by atoms with Crippen LogP contribution in [0.5, 0.6) is 0 Å². The Bertz CT molecular complexity index is 1800. The predicted molar refractivity (Wildman–Crippen MR) is 367 cm³/mol. The SMILES string of the molecule is CCC(C)CCCCCCCCCCCCCCCCCCCCC(=O)O[C@H](COC(=O)CCCCCCCCC(C)C)COP(=O)(O)OC[C@H](O)COP(=O)(O)OC[C@@H](COC(=O)CCCCCCCCC(C)C)OC(=O)CCCCCCCCCCC(C)C. The number of hydrogen-bond acceptors (Lipinski definition) is 15. The van der Waals surface area contributed by atoms with E-state index in [4.69, 9.17) is 37.0 Å². The summed E-state index contributed by atoms with van der Waals surface area (Å²) in [5.41, 5.74) is 0. The number of carbonyl (C=O) groups is 4. The fourth-order valence-electron chi connectivity index (χ4n) is 10.8. The van der Waals surface area contributed by atoms with Crippen LogP contribution in [0.1, 0.15) is 357 Å². The van der Waals surface area contributed by atoms with Crippen molar-refractivity contribution in [1.82, 2.24) is 0 Å². The normalized spacial score (nSPS) is 14.5. The van der Waals surface area contributed by atoms with Crippen molar-refractivity contribution in [1.29, 1.82) is 0 Å². The first kappa shape index (κ1) is 89.1.